The van der Waals surface area contributed by atoms with Crippen LogP contribution in [0.2, 0.25) is 0 Å². The number of carbonyl (C=O) groups excluding carboxylic acids is 2. The second-order valence-electron chi connectivity index (χ2n) is 5.75. The topological polar surface area (TPSA) is 136 Å². The smallest absolute Gasteiger partial charge is 0.323 e. The zero-order valence-corrected chi connectivity index (χ0v) is 13.8. The first-order valence-electron chi connectivity index (χ1n) is 7.71. The van der Waals surface area contributed by atoms with E-state index in [9.17, 15) is 14.4 Å². The first kappa shape index (κ1) is 16.5. The zero-order chi connectivity index (χ0) is 18.0. The number of aryl methyl sites for hydroxylation is 2. The van der Waals surface area contributed by atoms with Crippen molar-refractivity contribution < 1.29 is 9.59 Å². The highest BCUT2D eigenvalue weighted by molar-refractivity contribution is 5.96. The molecule has 2 heterocycles. The van der Waals surface area contributed by atoms with Crippen molar-refractivity contribution in [2.75, 3.05) is 11.9 Å². The van der Waals surface area contributed by atoms with Gasteiger partial charge in [-0.2, -0.15) is 5.10 Å². The summed E-state index contributed by atoms with van der Waals surface area (Å²) in [7, 11) is 0. The molecule has 25 heavy (non-hydrogen) atoms. The van der Waals surface area contributed by atoms with E-state index in [1.165, 1.54) is 0 Å². The lowest BCUT2D eigenvalue weighted by molar-refractivity contribution is -0.123. The van der Waals surface area contributed by atoms with Gasteiger partial charge in [-0.15, -0.1) is 0 Å². The van der Waals surface area contributed by atoms with Crippen molar-refractivity contribution in [1.29, 1.82) is 0 Å². The first-order valence-corrected chi connectivity index (χ1v) is 7.71. The van der Waals surface area contributed by atoms with Crippen LogP contribution >= 0.6 is 0 Å². The van der Waals surface area contributed by atoms with Crippen LogP contribution in [-0.4, -0.2) is 38.5 Å². The molecular weight excluding hydrogens is 324 g/mol. The number of aromatic nitrogens is 4. The molecule has 1 aromatic carbocycles. The standard InChI is InChI=1S/C16H18N6O3/c1-8-11(9(2)22-21-8)6-14(23)17-7-15(24)18-10-3-4-12-13(5-10)20-16(25)19-12/h3-5H,6-7H2,1-2H3,(H,17,23)(H,18,24)(H,21,22)(H2,19,20,25). The number of imidazole rings is 1. The fourth-order valence-electron chi connectivity index (χ4n) is 2.55. The molecule has 2 aromatic heterocycles. The van der Waals surface area contributed by atoms with Gasteiger partial charge in [0.25, 0.3) is 0 Å². The summed E-state index contributed by atoms with van der Waals surface area (Å²) in [5.74, 6) is -0.612. The van der Waals surface area contributed by atoms with Crippen LogP contribution in [-0.2, 0) is 16.0 Å². The van der Waals surface area contributed by atoms with Crippen molar-refractivity contribution in [3.05, 3.63) is 45.6 Å². The fourth-order valence-corrected chi connectivity index (χ4v) is 2.55. The minimum Gasteiger partial charge on any atom is -0.347 e. The van der Waals surface area contributed by atoms with E-state index in [1.54, 1.807) is 18.2 Å². The van der Waals surface area contributed by atoms with Gasteiger partial charge in [0.15, 0.2) is 0 Å². The third kappa shape index (κ3) is 3.77. The fraction of sp³-hybridized carbons (Fsp3) is 0.250. The number of aromatic amines is 3. The van der Waals surface area contributed by atoms with Crippen molar-refractivity contribution in [3.63, 3.8) is 0 Å². The summed E-state index contributed by atoms with van der Waals surface area (Å²) in [5.41, 5.74) is 3.91. The molecule has 0 bridgehead atoms. The summed E-state index contributed by atoms with van der Waals surface area (Å²) >= 11 is 0. The highest BCUT2D eigenvalue weighted by Crippen LogP contribution is 2.14. The van der Waals surface area contributed by atoms with Crippen LogP contribution in [0.25, 0.3) is 11.0 Å². The molecular formula is C16H18N6O3. The summed E-state index contributed by atoms with van der Waals surface area (Å²) in [4.78, 5) is 40.4. The maximum atomic E-state index is 12.0. The Kier molecular flexibility index (Phi) is 4.38. The molecule has 0 radical (unpaired) electrons. The van der Waals surface area contributed by atoms with Gasteiger partial charge in [-0.1, -0.05) is 0 Å². The summed E-state index contributed by atoms with van der Waals surface area (Å²) < 4.78 is 0. The molecule has 0 aliphatic carbocycles. The molecule has 3 rings (SSSR count). The number of amides is 2. The number of fused-ring (bicyclic) bond motifs is 1. The van der Waals surface area contributed by atoms with Crippen LogP contribution in [0.5, 0.6) is 0 Å². The van der Waals surface area contributed by atoms with Crippen LogP contribution in [0.3, 0.4) is 0 Å². The minimum atomic E-state index is -0.355. The van der Waals surface area contributed by atoms with Gasteiger partial charge < -0.3 is 20.6 Å². The molecule has 0 saturated heterocycles. The summed E-state index contributed by atoms with van der Waals surface area (Å²) in [5, 5.41) is 12.1. The van der Waals surface area contributed by atoms with Gasteiger partial charge in [-0.05, 0) is 32.0 Å². The number of benzene rings is 1. The zero-order valence-electron chi connectivity index (χ0n) is 13.8. The Morgan fingerprint density at radius 3 is 2.60 bits per heavy atom. The molecule has 0 aliphatic heterocycles. The average Bonchev–Trinajstić information content (AvgIpc) is 3.08. The molecule has 0 unspecified atom stereocenters. The van der Waals surface area contributed by atoms with E-state index in [-0.39, 0.29) is 30.5 Å². The molecule has 0 fully saturated rings. The number of H-pyrrole nitrogens is 3. The number of anilines is 1. The van der Waals surface area contributed by atoms with Crippen molar-refractivity contribution in [3.8, 4) is 0 Å². The Hall–Kier alpha value is -3.36. The summed E-state index contributed by atoms with van der Waals surface area (Å²) in [6, 6.07) is 5.00. The van der Waals surface area contributed by atoms with Crippen LogP contribution in [0, 0.1) is 13.8 Å². The molecule has 5 N–H and O–H groups in total. The Bertz CT molecular complexity index is 977. The van der Waals surface area contributed by atoms with E-state index in [2.05, 4.69) is 30.8 Å². The summed E-state index contributed by atoms with van der Waals surface area (Å²) in [6.07, 6.45) is 0.165. The van der Waals surface area contributed by atoms with Gasteiger partial charge in [0.1, 0.15) is 0 Å². The van der Waals surface area contributed by atoms with E-state index in [0.717, 1.165) is 17.0 Å². The number of rotatable bonds is 5. The number of hydrogen-bond donors (Lipinski definition) is 5. The van der Waals surface area contributed by atoms with Crippen molar-refractivity contribution in [2.45, 2.75) is 20.3 Å². The van der Waals surface area contributed by atoms with E-state index in [1.807, 2.05) is 13.8 Å². The lowest BCUT2D eigenvalue weighted by Gasteiger charge is -2.07. The first-order chi connectivity index (χ1) is 11.9. The molecule has 0 atom stereocenters. The third-order valence-corrected chi connectivity index (χ3v) is 3.86. The largest absolute Gasteiger partial charge is 0.347 e. The Morgan fingerprint density at radius 1 is 1.12 bits per heavy atom. The molecule has 130 valence electrons. The van der Waals surface area contributed by atoms with Gasteiger partial charge in [0.05, 0.1) is 29.7 Å². The second kappa shape index (κ2) is 6.63. The molecule has 2 amide bonds. The van der Waals surface area contributed by atoms with Crippen LogP contribution in [0.15, 0.2) is 23.0 Å². The maximum absolute atomic E-state index is 12.0. The normalized spacial score (nSPS) is 10.8. The average molecular weight is 342 g/mol. The number of carbonyl (C=O) groups is 2. The van der Waals surface area contributed by atoms with E-state index < -0.39 is 0 Å². The highest BCUT2D eigenvalue weighted by Gasteiger charge is 2.12. The van der Waals surface area contributed by atoms with E-state index in [4.69, 9.17) is 0 Å². The number of nitrogens with one attached hydrogen (secondary N) is 5. The molecule has 3 aromatic rings. The van der Waals surface area contributed by atoms with E-state index >= 15 is 0 Å². The predicted molar refractivity (Wildman–Crippen MR) is 92.3 cm³/mol. The Labute approximate surface area is 142 Å². The van der Waals surface area contributed by atoms with E-state index in [0.29, 0.717) is 16.7 Å². The minimum absolute atomic E-state index is 0.142. The van der Waals surface area contributed by atoms with Gasteiger partial charge in [0, 0.05) is 16.9 Å². The molecule has 9 nitrogen and oxygen atoms in total. The third-order valence-electron chi connectivity index (χ3n) is 3.86. The number of hydrogen-bond acceptors (Lipinski definition) is 4. The van der Waals surface area contributed by atoms with Gasteiger partial charge in [-0.25, -0.2) is 4.79 Å². The van der Waals surface area contributed by atoms with Crippen LogP contribution in [0.4, 0.5) is 5.69 Å². The quantitative estimate of drug-likeness (QED) is 0.461. The summed E-state index contributed by atoms with van der Waals surface area (Å²) in [6.45, 7) is 3.52. The van der Waals surface area contributed by atoms with Gasteiger partial charge in [0.2, 0.25) is 11.8 Å². The highest BCUT2D eigenvalue weighted by atomic mass is 16.2. The lowest BCUT2D eigenvalue weighted by Crippen LogP contribution is -2.33. The Balaban J connectivity index is 1.55. The predicted octanol–water partition coefficient (Wildman–Crippen LogP) is 0.494. The Morgan fingerprint density at radius 2 is 1.88 bits per heavy atom. The van der Waals surface area contributed by atoms with Crippen molar-refractivity contribution in [1.82, 2.24) is 25.5 Å². The van der Waals surface area contributed by atoms with Crippen molar-refractivity contribution >= 4 is 28.5 Å². The van der Waals surface area contributed by atoms with Crippen LogP contribution in [0.1, 0.15) is 17.0 Å². The maximum Gasteiger partial charge on any atom is 0.323 e. The monoisotopic (exact) mass is 342 g/mol. The SMILES string of the molecule is Cc1n[nH]c(C)c1CC(=O)NCC(=O)Nc1ccc2[nH]c(=O)[nH]c2c1. The number of nitrogens with zero attached hydrogens (tertiary/aromatic N) is 1. The van der Waals surface area contributed by atoms with Crippen molar-refractivity contribution in [2.24, 2.45) is 0 Å². The van der Waals surface area contributed by atoms with Crippen LogP contribution < -0.4 is 16.3 Å². The van der Waals surface area contributed by atoms with Gasteiger partial charge in [-0.3, -0.25) is 14.7 Å². The molecule has 0 saturated carbocycles. The lowest BCUT2D eigenvalue weighted by atomic mass is 10.1. The van der Waals surface area contributed by atoms with Gasteiger partial charge >= 0.3 is 5.69 Å². The molecule has 0 aliphatic rings. The second-order valence-corrected chi connectivity index (χ2v) is 5.75. The molecule has 0 spiro atoms. The molecule has 9 heteroatoms.